The number of fused-ring (bicyclic) bond motifs is 3. The van der Waals surface area contributed by atoms with E-state index < -0.39 is 73.2 Å². The minimum atomic E-state index is -3.98. The molecular weight excluding hydrogens is 730 g/mol. The molecule has 1 aromatic carbocycles. The van der Waals surface area contributed by atoms with Gasteiger partial charge in [-0.15, -0.1) is 0 Å². The van der Waals surface area contributed by atoms with Gasteiger partial charge in [-0.1, -0.05) is 26.0 Å². The molecule has 3 heterocycles. The summed E-state index contributed by atoms with van der Waals surface area (Å²) in [7, 11) is -2.55. The van der Waals surface area contributed by atoms with E-state index in [0.717, 1.165) is 6.42 Å². The highest BCUT2D eigenvalue weighted by Crippen LogP contribution is 2.57. The Labute approximate surface area is 323 Å². The molecule has 0 unspecified atom stereocenters. The number of sulfonamides is 1. The van der Waals surface area contributed by atoms with Crippen molar-refractivity contribution in [1.29, 1.82) is 0 Å². The summed E-state index contributed by atoms with van der Waals surface area (Å²) in [5.41, 5.74) is -2.08. The normalized spacial score (nSPS) is 30.3. The van der Waals surface area contributed by atoms with Crippen LogP contribution in [0.3, 0.4) is 0 Å². The number of ketones is 1. The predicted molar refractivity (Wildman–Crippen MR) is 203 cm³/mol. The van der Waals surface area contributed by atoms with E-state index in [0.29, 0.717) is 36.5 Å². The maximum atomic E-state index is 14.8. The average molecular weight is 784 g/mol. The number of esters is 1. The fourth-order valence-electron chi connectivity index (χ4n) is 8.26. The third-order valence-corrected chi connectivity index (χ3v) is 14.0. The van der Waals surface area contributed by atoms with Crippen molar-refractivity contribution in [2.24, 2.45) is 29.1 Å². The number of amides is 2. The van der Waals surface area contributed by atoms with Gasteiger partial charge in [-0.3, -0.25) is 23.9 Å². The minimum Gasteiger partial charge on any atom is -0.496 e. The zero-order chi connectivity index (χ0) is 40.1. The van der Waals surface area contributed by atoms with Gasteiger partial charge in [-0.05, 0) is 96.1 Å². The van der Waals surface area contributed by atoms with Gasteiger partial charge >= 0.3 is 5.97 Å². The van der Waals surface area contributed by atoms with Crippen LogP contribution in [-0.4, -0.2) is 78.0 Å². The van der Waals surface area contributed by atoms with Crippen LogP contribution in [0.4, 0.5) is 4.39 Å². The van der Waals surface area contributed by atoms with Gasteiger partial charge in [0.25, 0.3) is 0 Å². The number of nitrogens with zero attached hydrogens (tertiary/aromatic N) is 2. The number of nitrogens with one attached hydrogen (secondary N) is 1. The first-order chi connectivity index (χ1) is 25.8. The lowest BCUT2D eigenvalue weighted by Crippen LogP contribution is -2.48. The van der Waals surface area contributed by atoms with Gasteiger partial charge in [0.15, 0.2) is 5.78 Å². The second kappa shape index (κ2) is 15.1. The lowest BCUT2D eigenvalue weighted by atomic mass is 9.82. The molecule has 300 valence electrons. The number of carbonyl (C=O) groups excluding carboxylic acids is 4. The summed E-state index contributed by atoms with van der Waals surface area (Å²) in [6.07, 6.45) is 7.49. The molecule has 12 nitrogen and oxygen atoms in total. The number of aromatic nitrogens is 1. The molecule has 2 aliphatic heterocycles. The topological polar surface area (TPSA) is 158 Å². The molecule has 0 spiro atoms. The number of halogens is 1. The lowest BCUT2D eigenvalue weighted by Gasteiger charge is -2.32. The predicted octanol–water partition coefficient (Wildman–Crippen LogP) is 6.06. The molecule has 1 saturated heterocycles. The largest absolute Gasteiger partial charge is 0.496 e. The first-order valence-corrected chi connectivity index (χ1v) is 20.8. The number of methoxy groups -OCH3 is 1. The number of allylic oxidation sites excluding steroid dienone is 2. The van der Waals surface area contributed by atoms with Crippen LogP contribution in [0.1, 0.15) is 99.3 Å². The van der Waals surface area contributed by atoms with Crippen LogP contribution in [0.2, 0.25) is 0 Å². The van der Waals surface area contributed by atoms with Crippen LogP contribution in [-0.2, 0) is 33.9 Å². The van der Waals surface area contributed by atoms with Crippen LogP contribution in [0, 0.1) is 34.9 Å². The SMILES string of the molecule is COc1cc(F)cc2c(O[C@@H]3C[C@H]4C(=O)C[C@]5(C(=O)NS(=O)(=O)C6(C)CC6)C[C@H]5/C=C\CC[C@H](C)C[C@@H](C)[C@H](CC(=O)OC(C)(C)C)C(=O)N4C3)nccc12. The van der Waals surface area contributed by atoms with Crippen molar-refractivity contribution < 1.29 is 46.2 Å². The monoisotopic (exact) mass is 783 g/mol. The van der Waals surface area contributed by atoms with E-state index >= 15 is 0 Å². The Balaban J connectivity index is 1.36. The quantitative estimate of drug-likeness (QED) is 0.247. The minimum absolute atomic E-state index is 0.0353. The van der Waals surface area contributed by atoms with Crippen molar-refractivity contribution in [3.05, 3.63) is 42.4 Å². The molecule has 2 saturated carbocycles. The number of hydrogen-bond acceptors (Lipinski definition) is 10. The summed E-state index contributed by atoms with van der Waals surface area (Å²) in [5.74, 6) is -3.50. The Kier molecular flexibility index (Phi) is 11.2. The van der Waals surface area contributed by atoms with E-state index in [-0.39, 0.29) is 61.6 Å². The number of Topliss-reactive ketones (excluding diaryl/α,β-unsaturated/α-hetero) is 1. The van der Waals surface area contributed by atoms with E-state index in [1.54, 1.807) is 33.8 Å². The van der Waals surface area contributed by atoms with Crippen molar-refractivity contribution in [1.82, 2.24) is 14.6 Å². The molecule has 2 aliphatic carbocycles. The Morgan fingerprint density at radius 2 is 1.84 bits per heavy atom. The highest BCUT2D eigenvalue weighted by Gasteiger charge is 2.62. The molecule has 2 amide bonds. The molecule has 1 N–H and O–H groups in total. The molecule has 2 aromatic rings. The van der Waals surface area contributed by atoms with E-state index in [2.05, 4.69) is 16.6 Å². The second-order valence-corrected chi connectivity index (χ2v) is 19.7. The molecule has 0 bridgehead atoms. The molecule has 4 aliphatic rings. The standard InChI is InChI=1S/C41H54FN3O9S/c1-24-10-8-9-11-26-21-41(26,38(49)44-55(50,51)40(6)13-14-40)22-33(46)32-19-28(53-36-31-17-27(42)18-34(52-7)29(31)12-15-43-36)23-45(32)37(48)30(25(2)16-24)20-35(47)54-39(3,4)5/h9,11-12,15,17-18,24-26,28,30,32H,8,10,13-14,16,19-23H2,1-7H3,(H,44,49)/b11-9-/t24-,25+,26+,28+,30-,32-,41+/m0/s1. The first-order valence-electron chi connectivity index (χ1n) is 19.3. The molecular formula is C41H54FN3O9S. The Morgan fingerprint density at radius 1 is 1.11 bits per heavy atom. The molecule has 7 atom stereocenters. The van der Waals surface area contributed by atoms with Gasteiger partial charge in [0.05, 0.1) is 47.6 Å². The molecule has 3 fully saturated rings. The number of rotatable bonds is 8. The van der Waals surface area contributed by atoms with Gasteiger partial charge in [-0.2, -0.15) is 0 Å². The van der Waals surface area contributed by atoms with Crippen molar-refractivity contribution in [3.63, 3.8) is 0 Å². The Morgan fingerprint density at radius 3 is 2.51 bits per heavy atom. The molecule has 0 radical (unpaired) electrons. The number of ether oxygens (including phenoxy) is 3. The molecule has 6 rings (SSSR count). The third-order valence-electron chi connectivity index (χ3n) is 11.9. The highest BCUT2D eigenvalue weighted by atomic mass is 32.2. The summed E-state index contributed by atoms with van der Waals surface area (Å²) in [6, 6.07) is 3.15. The molecule has 14 heteroatoms. The van der Waals surface area contributed by atoms with Gasteiger partial charge < -0.3 is 19.1 Å². The van der Waals surface area contributed by atoms with Crippen LogP contribution in [0.15, 0.2) is 36.5 Å². The Hall–Kier alpha value is -4.07. The molecule has 1 aromatic heterocycles. The zero-order valence-electron chi connectivity index (χ0n) is 32.9. The summed E-state index contributed by atoms with van der Waals surface area (Å²) in [5, 5.41) is 0.908. The second-order valence-electron chi connectivity index (χ2n) is 17.5. The van der Waals surface area contributed by atoms with Crippen molar-refractivity contribution in [3.8, 4) is 11.6 Å². The maximum Gasteiger partial charge on any atom is 0.307 e. The first kappa shape index (κ1) is 40.6. The van der Waals surface area contributed by atoms with E-state index in [9.17, 15) is 32.0 Å². The fourth-order valence-corrected chi connectivity index (χ4v) is 9.59. The van der Waals surface area contributed by atoms with Gasteiger partial charge in [0.1, 0.15) is 23.3 Å². The van der Waals surface area contributed by atoms with Crippen molar-refractivity contribution in [2.45, 2.75) is 122 Å². The number of pyridine rings is 1. The van der Waals surface area contributed by atoms with Gasteiger partial charge in [0.2, 0.25) is 27.7 Å². The van der Waals surface area contributed by atoms with Gasteiger partial charge in [0, 0.05) is 30.5 Å². The lowest BCUT2D eigenvalue weighted by molar-refractivity contribution is -0.160. The summed E-state index contributed by atoms with van der Waals surface area (Å²) in [6.45, 7) is 10.9. The number of carbonyl (C=O) groups is 4. The van der Waals surface area contributed by atoms with Crippen LogP contribution in [0.5, 0.6) is 11.6 Å². The van der Waals surface area contributed by atoms with Crippen molar-refractivity contribution >= 4 is 44.4 Å². The number of hydrogen-bond donors (Lipinski definition) is 1. The summed E-state index contributed by atoms with van der Waals surface area (Å²) < 4.78 is 59.8. The van der Waals surface area contributed by atoms with E-state index in [1.807, 2.05) is 19.1 Å². The van der Waals surface area contributed by atoms with Crippen molar-refractivity contribution in [2.75, 3.05) is 13.7 Å². The average Bonchev–Trinajstić information content (AvgIpc) is 3.97. The van der Waals surface area contributed by atoms with Crippen LogP contribution < -0.4 is 14.2 Å². The van der Waals surface area contributed by atoms with Crippen LogP contribution in [0.25, 0.3) is 10.8 Å². The van der Waals surface area contributed by atoms with E-state index in [4.69, 9.17) is 14.2 Å². The summed E-state index contributed by atoms with van der Waals surface area (Å²) >= 11 is 0. The molecule has 55 heavy (non-hydrogen) atoms. The summed E-state index contributed by atoms with van der Waals surface area (Å²) in [4.78, 5) is 62.5. The smallest absolute Gasteiger partial charge is 0.307 e. The zero-order valence-corrected chi connectivity index (χ0v) is 33.7. The maximum absolute atomic E-state index is 14.8. The van der Waals surface area contributed by atoms with Crippen LogP contribution >= 0.6 is 0 Å². The Bertz CT molecular complexity index is 1990. The van der Waals surface area contributed by atoms with Gasteiger partial charge in [-0.25, -0.2) is 17.8 Å². The number of benzene rings is 1. The van der Waals surface area contributed by atoms with E-state index in [1.165, 1.54) is 30.3 Å². The highest BCUT2D eigenvalue weighted by molar-refractivity contribution is 7.91. The third kappa shape index (κ3) is 8.68. The fraction of sp³-hybridized carbons (Fsp3) is 0.634.